The van der Waals surface area contributed by atoms with Gasteiger partial charge in [-0.2, -0.15) is 0 Å². The van der Waals surface area contributed by atoms with Gasteiger partial charge in [0.1, 0.15) is 11.3 Å². The highest BCUT2D eigenvalue weighted by atomic mass is 16.4. The molecule has 2 aromatic rings. The summed E-state index contributed by atoms with van der Waals surface area (Å²) in [5.41, 5.74) is 6.73. The highest BCUT2D eigenvalue weighted by molar-refractivity contribution is 6.13. The van der Waals surface area contributed by atoms with Crippen molar-refractivity contribution in [1.29, 1.82) is 0 Å². The number of rotatable bonds is 3. The van der Waals surface area contributed by atoms with E-state index in [1.807, 2.05) is 0 Å². The first-order chi connectivity index (χ1) is 13.4. The molecule has 0 atom stereocenters. The molecule has 0 radical (unpaired) electrons. The molecule has 0 fully saturated rings. The predicted molar refractivity (Wildman–Crippen MR) is 103 cm³/mol. The van der Waals surface area contributed by atoms with E-state index in [9.17, 15) is 24.6 Å². The number of anilines is 1. The molecule has 1 aliphatic carbocycles. The van der Waals surface area contributed by atoms with Crippen LogP contribution in [-0.2, 0) is 0 Å². The third kappa shape index (κ3) is 2.66. The molecule has 7 heteroatoms. The second kappa shape index (κ2) is 6.24. The van der Waals surface area contributed by atoms with Crippen LogP contribution in [0.15, 0.2) is 63.8 Å². The van der Waals surface area contributed by atoms with E-state index in [0.717, 1.165) is 0 Å². The van der Waals surface area contributed by atoms with Crippen molar-refractivity contribution in [2.45, 2.75) is 0 Å². The SMILES string of the molecule is Nc1ccc2c(-c3c(C(=O)O)cccc3C(=O)O)c3ccc(=O)cc-3oc2c1. The number of carboxylic acid groups (broad SMARTS) is 2. The molecular weight excluding hydrogens is 362 g/mol. The molecule has 4 N–H and O–H groups in total. The minimum absolute atomic E-state index is 0.0386. The van der Waals surface area contributed by atoms with Crippen molar-refractivity contribution in [3.05, 3.63) is 75.9 Å². The topological polar surface area (TPSA) is 131 Å². The third-order valence-electron chi connectivity index (χ3n) is 4.49. The molecule has 28 heavy (non-hydrogen) atoms. The van der Waals surface area contributed by atoms with Crippen LogP contribution < -0.4 is 11.2 Å². The van der Waals surface area contributed by atoms with Crippen LogP contribution in [0.3, 0.4) is 0 Å². The van der Waals surface area contributed by atoms with Gasteiger partial charge >= 0.3 is 11.9 Å². The van der Waals surface area contributed by atoms with Crippen LogP contribution in [-0.4, -0.2) is 22.2 Å². The Labute approximate surface area is 157 Å². The first kappa shape index (κ1) is 17.3. The Balaban J connectivity index is 2.28. The average Bonchev–Trinajstić information content (AvgIpc) is 2.65. The Kier molecular flexibility index (Phi) is 3.85. The second-order valence-electron chi connectivity index (χ2n) is 6.23. The van der Waals surface area contributed by atoms with Gasteiger partial charge < -0.3 is 20.4 Å². The molecule has 0 aromatic heterocycles. The van der Waals surface area contributed by atoms with Crippen LogP contribution in [0.1, 0.15) is 20.7 Å². The molecule has 0 amide bonds. The summed E-state index contributed by atoms with van der Waals surface area (Å²) < 4.78 is 5.80. The van der Waals surface area contributed by atoms with Gasteiger partial charge in [0, 0.05) is 39.9 Å². The number of nitrogen functional groups attached to an aromatic ring is 1. The van der Waals surface area contributed by atoms with E-state index in [2.05, 4.69) is 0 Å². The number of carbonyl (C=O) groups is 2. The zero-order valence-corrected chi connectivity index (χ0v) is 14.3. The number of hydrogen-bond donors (Lipinski definition) is 3. The monoisotopic (exact) mass is 375 g/mol. The lowest BCUT2D eigenvalue weighted by Gasteiger charge is -2.18. The maximum absolute atomic E-state index is 11.9. The van der Waals surface area contributed by atoms with Gasteiger partial charge in [0.2, 0.25) is 0 Å². The Morgan fingerprint density at radius 3 is 2.18 bits per heavy atom. The Morgan fingerprint density at radius 2 is 1.54 bits per heavy atom. The smallest absolute Gasteiger partial charge is 0.336 e. The normalized spacial score (nSPS) is 11.0. The lowest BCUT2D eigenvalue weighted by molar-refractivity contribution is 0.0696. The van der Waals surface area contributed by atoms with Crippen LogP contribution in [0.2, 0.25) is 0 Å². The molecule has 2 aliphatic rings. The molecule has 4 rings (SSSR count). The van der Waals surface area contributed by atoms with Crippen molar-refractivity contribution in [3.63, 3.8) is 0 Å². The molecule has 1 heterocycles. The Hall–Kier alpha value is -4.13. The summed E-state index contributed by atoms with van der Waals surface area (Å²) in [5, 5.41) is 19.8. The number of fused-ring (bicyclic) bond motifs is 2. The largest absolute Gasteiger partial charge is 0.478 e. The first-order valence-corrected chi connectivity index (χ1v) is 8.23. The van der Waals surface area contributed by atoms with Crippen molar-refractivity contribution >= 4 is 28.6 Å². The Bertz CT molecular complexity index is 1270. The molecular formula is C21H13NO6. The van der Waals surface area contributed by atoms with Crippen LogP contribution in [0, 0.1) is 0 Å². The molecule has 0 saturated carbocycles. The predicted octanol–water partition coefficient (Wildman–Crippen LogP) is 3.54. The molecule has 0 bridgehead atoms. The van der Waals surface area contributed by atoms with Crippen LogP contribution in [0.25, 0.3) is 33.4 Å². The quantitative estimate of drug-likeness (QED) is 0.369. The summed E-state index contributed by atoms with van der Waals surface area (Å²) in [4.78, 5) is 35.5. The fourth-order valence-corrected chi connectivity index (χ4v) is 3.33. The second-order valence-corrected chi connectivity index (χ2v) is 6.23. The summed E-state index contributed by atoms with van der Waals surface area (Å²) in [6.07, 6.45) is 0. The van der Waals surface area contributed by atoms with Gasteiger partial charge in [-0.25, -0.2) is 9.59 Å². The molecule has 138 valence electrons. The van der Waals surface area contributed by atoms with Gasteiger partial charge in [-0.05, 0) is 36.4 Å². The van der Waals surface area contributed by atoms with Gasteiger partial charge in [0.05, 0.1) is 11.1 Å². The van der Waals surface area contributed by atoms with Crippen LogP contribution in [0.5, 0.6) is 0 Å². The van der Waals surface area contributed by atoms with E-state index >= 15 is 0 Å². The number of hydrogen-bond acceptors (Lipinski definition) is 5. The molecule has 7 nitrogen and oxygen atoms in total. The average molecular weight is 375 g/mol. The summed E-state index contributed by atoms with van der Waals surface area (Å²) in [7, 11) is 0. The van der Waals surface area contributed by atoms with Crippen LogP contribution >= 0.6 is 0 Å². The fourth-order valence-electron chi connectivity index (χ4n) is 3.33. The van der Waals surface area contributed by atoms with E-state index < -0.39 is 11.9 Å². The van der Waals surface area contributed by atoms with Gasteiger partial charge in [0.15, 0.2) is 5.43 Å². The fraction of sp³-hybridized carbons (Fsp3) is 0. The van der Waals surface area contributed by atoms with Gasteiger partial charge in [-0.15, -0.1) is 0 Å². The van der Waals surface area contributed by atoms with Crippen molar-refractivity contribution in [2.75, 3.05) is 5.73 Å². The lowest BCUT2D eigenvalue weighted by atomic mass is 9.87. The molecule has 0 saturated heterocycles. The molecule has 2 aromatic carbocycles. The van der Waals surface area contributed by atoms with Crippen molar-refractivity contribution in [2.24, 2.45) is 0 Å². The maximum atomic E-state index is 11.9. The van der Waals surface area contributed by atoms with Gasteiger partial charge in [-0.1, -0.05) is 6.07 Å². The maximum Gasteiger partial charge on any atom is 0.336 e. The van der Waals surface area contributed by atoms with E-state index in [0.29, 0.717) is 27.8 Å². The zero-order chi connectivity index (χ0) is 20.0. The lowest BCUT2D eigenvalue weighted by Crippen LogP contribution is -2.09. The van der Waals surface area contributed by atoms with Gasteiger partial charge in [0.25, 0.3) is 0 Å². The number of nitrogens with two attached hydrogens (primary N) is 1. The van der Waals surface area contributed by atoms with Crippen molar-refractivity contribution in [3.8, 4) is 22.5 Å². The standard InChI is InChI=1S/C21H13NO6/c22-10-4-6-12-16(8-10)28-17-9-11(23)5-7-13(17)18(12)19-14(20(24)25)2-1-3-15(19)21(26)27/h1-9H,22H2,(H,24,25)(H,26,27). The number of carboxylic acids is 2. The Morgan fingerprint density at radius 1 is 0.857 bits per heavy atom. The number of benzene rings is 3. The molecule has 0 spiro atoms. The summed E-state index contributed by atoms with van der Waals surface area (Å²) >= 11 is 0. The van der Waals surface area contributed by atoms with Gasteiger partial charge in [-0.3, -0.25) is 4.79 Å². The van der Waals surface area contributed by atoms with Crippen molar-refractivity contribution in [1.82, 2.24) is 0 Å². The van der Waals surface area contributed by atoms with E-state index in [-0.39, 0.29) is 27.9 Å². The molecule has 0 unspecified atom stereocenters. The zero-order valence-electron chi connectivity index (χ0n) is 14.3. The van der Waals surface area contributed by atoms with Crippen molar-refractivity contribution < 1.29 is 24.2 Å². The van der Waals surface area contributed by atoms with Crippen LogP contribution in [0.4, 0.5) is 5.69 Å². The minimum Gasteiger partial charge on any atom is -0.478 e. The summed E-state index contributed by atoms with van der Waals surface area (Å²) in [6, 6.07) is 12.9. The third-order valence-corrected chi connectivity index (χ3v) is 4.49. The molecule has 1 aliphatic heterocycles. The highest BCUT2D eigenvalue weighted by Gasteiger charge is 2.26. The first-order valence-electron chi connectivity index (χ1n) is 8.23. The van der Waals surface area contributed by atoms with E-state index in [4.69, 9.17) is 10.2 Å². The minimum atomic E-state index is -1.27. The summed E-state index contributed by atoms with van der Waals surface area (Å²) in [5.74, 6) is -2.33. The highest BCUT2D eigenvalue weighted by Crippen LogP contribution is 2.43. The van der Waals surface area contributed by atoms with E-state index in [1.165, 1.54) is 36.4 Å². The number of aromatic carboxylic acids is 2. The summed E-state index contributed by atoms with van der Waals surface area (Å²) in [6.45, 7) is 0. The van der Waals surface area contributed by atoms with E-state index in [1.54, 1.807) is 18.2 Å².